The summed E-state index contributed by atoms with van der Waals surface area (Å²) in [4.78, 5) is 23.8. The molecule has 0 rings (SSSR count). The maximum atomic E-state index is 10.9. The molecule has 0 aromatic carbocycles. The first kappa shape index (κ1) is 18.8. The second-order valence-electron chi connectivity index (χ2n) is 5.22. The molecule has 114 valence electrons. The molecule has 0 radical (unpaired) electrons. The fraction of sp³-hybridized carbons (Fsp3) is 0.765. The molecule has 0 aliphatic rings. The number of carbonyl (C=O) groups excluding carboxylic acids is 2. The van der Waals surface area contributed by atoms with Crippen molar-refractivity contribution in [2.45, 2.75) is 84.0 Å². The zero-order valence-corrected chi connectivity index (χ0v) is 12.9. The molecule has 3 heteroatoms. The topological polar surface area (TPSA) is 46.5 Å². The number of unbranched alkanes of at least 4 members (excludes halogenated alkanes) is 9. The smallest absolute Gasteiger partial charge is 0.256 e. The van der Waals surface area contributed by atoms with Gasteiger partial charge in [0, 0.05) is 6.42 Å². The third-order valence-electron chi connectivity index (χ3n) is 3.32. The summed E-state index contributed by atoms with van der Waals surface area (Å²) in [5.74, 6) is -0.342. The number of nitrogens with zero attached hydrogens (tertiary/aromatic N) is 1. The Morgan fingerprint density at radius 1 is 0.900 bits per heavy atom. The van der Waals surface area contributed by atoms with Crippen LogP contribution in [-0.2, 0) is 9.59 Å². The molecule has 0 atom stereocenters. The summed E-state index contributed by atoms with van der Waals surface area (Å²) in [6.07, 6.45) is 19.5. The summed E-state index contributed by atoms with van der Waals surface area (Å²) in [5, 5.41) is 0. The van der Waals surface area contributed by atoms with Gasteiger partial charge in [0.25, 0.3) is 5.91 Å². The van der Waals surface area contributed by atoms with Crippen LogP contribution in [0.3, 0.4) is 0 Å². The minimum Gasteiger partial charge on any atom is -0.272 e. The van der Waals surface area contributed by atoms with Gasteiger partial charge in [-0.05, 0) is 32.1 Å². The van der Waals surface area contributed by atoms with Crippen LogP contribution < -0.4 is 0 Å². The average molecular weight is 279 g/mol. The van der Waals surface area contributed by atoms with E-state index in [0.29, 0.717) is 6.42 Å². The van der Waals surface area contributed by atoms with Gasteiger partial charge in [-0.2, -0.15) is 0 Å². The molecular weight excluding hydrogens is 250 g/mol. The van der Waals surface area contributed by atoms with Crippen molar-refractivity contribution < 1.29 is 9.59 Å². The Morgan fingerprint density at radius 3 is 2.05 bits per heavy atom. The highest BCUT2D eigenvalue weighted by Crippen LogP contribution is 2.09. The summed E-state index contributed by atoms with van der Waals surface area (Å²) in [6.45, 7) is 2.24. The third-order valence-corrected chi connectivity index (χ3v) is 3.32. The van der Waals surface area contributed by atoms with Gasteiger partial charge in [-0.25, -0.2) is 4.79 Å². The van der Waals surface area contributed by atoms with E-state index >= 15 is 0 Å². The summed E-state index contributed by atoms with van der Waals surface area (Å²) in [7, 11) is 0. The Hall–Kier alpha value is -1.21. The summed E-state index contributed by atoms with van der Waals surface area (Å²) in [5.41, 5.74) is 0. The Balaban J connectivity index is 3.18. The van der Waals surface area contributed by atoms with Crippen LogP contribution in [0.1, 0.15) is 84.0 Å². The van der Waals surface area contributed by atoms with Gasteiger partial charge in [0.1, 0.15) is 0 Å². The van der Waals surface area contributed by atoms with E-state index in [-0.39, 0.29) is 5.91 Å². The molecule has 0 N–H and O–H groups in total. The van der Waals surface area contributed by atoms with E-state index in [0.717, 1.165) is 19.3 Å². The number of rotatable bonds is 13. The molecule has 20 heavy (non-hydrogen) atoms. The van der Waals surface area contributed by atoms with Crippen LogP contribution in [0.2, 0.25) is 0 Å². The van der Waals surface area contributed by atoms with E-state index < -0.39 is 0 Å². The summed E-state index contributed by atoms with van der Waals surface area (Å²) < 4.78 is 0. The van der Waals surface area contributed by atoms with Crippen molar-refractivity contribution in [3.8, 4) is 0 Å². The quantitative estimate of drug-likeness (QED) is 0.204. The minimum absolute atomic E-state index is 0.342. The van der Waals surface area contributed by atoms with Crippen LogP contribution in [0.25, 0.3) is 0 Å². The molecule has 0 aromatic rings. The van der Waals surface area contributed by atoms with Gasteiger partial charge in [-0.15, -0.1) is 4.99 Å². The Bertz CT molecular complexity index is 304. The number of hydrogen-bond acceptors (Lipinski definition) is 2. The molecule has 0 unspecified atom stereocenters. The number of amides is 1. The number of carbonyl (C=O) groups is 1. The van der Waals surface area contributed by atoms with E-state index in [9.17, 15) is 9.59 Å². The van der Waals surface area contributed by atoms with Gasteiger partial charge >= 0.3 is 0 Å². The molecule has 3 nitrogen and oxygen atoms in total. The summed E-state index contributed by atoms with van der Waals surface area (Å²) >= 11 is 0. The van der Waals surface area contributed by atoms with Gasteiger partial charge in [-0.1, -0.05) is 57.6 Å². The normalized spacial score (nSPS) is 10.7. The van der Waals surface area contributed by atoms with Crippen molar-refractivity contribution in [1.82, 2.24) is 0 Å². The Kier molecular flexibility index (Phi) is 14.9. The van der Waals surface area contributed by atoms with E-state index in [1.54, 1.807) is 0 Å². The molecule has 0 bridgehead atoms. The first-order valence-electron chi connectivity index (χ1n) is 8.07. The van der Waals surface area contributed by atoms with E-state index in [1.165, 1.54) is 57.4 Å². The Labute approximate surface area is 123 Å². The van der Waals surface area contributed by atoms with Crippen LogP contribution in [0, 0.1) is 0 Å². The minimum atomic E-state index is -0.342. The molecule has 0 fully saturated rings. The van der Waals surface area contributed by atoms with Crippen molar-refractivity contribution in [2.24, 2.45) is 4.99 Å². The molecule has 0 saturated carbocycles. The zero-order chi connectivity index (χ0) is 14.9. The van der Waals surface area contributed by atoms with Crippen LogP contribution in [0.5, 0.6) is 0 Å². The van der Waals surface area contributed by atoms with Gasteiger partial charge in [0.2, 0.25) is 6.08 Å². The fourth-order valence-corrected chi connectivity index (χ4v) is 2.10. The maximum Gasteiger partial charge on any atom is 0.256 e. The molecule has 0 spiro atoms. The number of aliphatic imine (C=N–C) groups is 1. The lowest BCUT2D eigenvalue weighted by Gasteiger charge is -1.98. The largest absolute Gasteiger partial charge is 0.272 e. The van der Waals surface area contributed by atoms with E-state index in [1.807, 2.05) is 0 Å². The highest BCUT2D eigenvalue weighted by Gasteiger charge is 1.97. The Morgan fingerprint density at radius 2 is 1.45 bits per heavy atom. The van der Waals surface area contributed by atoms with Gasteiger partial charge in [-0.3, -0.25) is 4.79 Å². The first-order chi connectivity index (χ1) is 9.81. The fourth-order valence-electron chi connectivity index (χ4n) is 2.10. The van der Waals surface area contributed by atoms with Crippen molar-refractivity contribution in [3.05, 3.63) is 12.2 Å². The number of hydrogen-bond donors (Lipinski definition) is 0. The van der Waals surface area contributed by atoms with E-state index in [4.69, 9.17) is 0 Å². The second kappa shape index (κ2) is 15.8. The van der Waals surface area contributed by atoms with Crippen molar-refractivity contribution in [1.29, 1.82) is 0 Å². The van der Waals surface area contributed by atoms with Gasteiger partial charge < -0.3 is 0 Å². The summed E-state index contributed by atoms with van der Waals surface area (Å²) in [6, 6.07) is 0. The highest BCUT2D eigenvalue weighted by molar-refractivity contribution is 5.81. The maximum absolute atomic E-state index is 10.9. The SMILES string of the molecule is CCCCCCC=CCCCCCCCC(=O)N=C=O. The average Bonchev–Trinajstić information content (AvgIpc) is 2.44. The monoisotopic (exact) mass is 279 g/mol. The number of isocyanates is 1. The highest BCUT2D eigenvalue weighted by atomic mass is 16.2. The molecule has 0 aromatic heterocycles. The molecule has 1 amide bonds. The molecule has 0 heterocycles. The molecule has 0 aliphatic carbocycles. The van der Waals surface area contributed by atoms with Crippen LogP contribution >= 0.6 is 0 Å². The lowest BCUT2D eigenvalue weighted by molar-refractivity contribution is -0.117. The second-order valence-corrected chi connectivity index (χ2v) is 5.22. The van der Waals surface area contributed by atoms with E-state index in [2.05, 4.69) is 24.1 Å². The molecule has 0 saturated heterocycles. The third kappa shape index (κ3) is 14.8. The predicted octanol–water partition coefficient (Wildman–Crippen LogP) is 5.11. The van der Waals surface area contributed by atoms with Crippen LogP contribution in [-0.4, -0.2) is 12.0 Å². The van der Waals surface area contributed by atoms with Gasteiger partial charge in [0.15, 0.2) is 0 Å². The lowest BCUT2D eigenvalue weighted by atomic mass is 10.1. The van der Waals surface area contributed by atoms with Crippen molar-refractivity contribution in [3.63, 3.8) is 0 Å². The van der Waals surface area contributed by atoms with Gasteiger partial charge in [0.05, 0.1) is 0 Å². The number of allylic oxidation sites excluding steroid dienone is 2. The van der Waals surface area contributed by atoms with Crippen LogP contribution in [0.15, 0.2) is 17.1 Å². The lowest BCUT2D eigenvalue weighted by Crippen LogP contribution is -1.92. The zero-order valence-electron chi connectivity index (χ0n) is 12.9. The molecule has 0 aliphatic heterocycles. The van der Waals surface area contributed by atoms with Crippen molar-refractivity contribution in [2.75, 3.05) is 0 Å². The predicted molar refractivity (Wildman–Crippen MR) is 83.3 cm³/mol. The standard InChI is InChI=1S/C17H29NO2/c1-2-3-4-5-6-7-8-9-10-11-12-13-14-15-17(20)18-16-19/h7-8H,2-6,9-15H2,1H3. The molecular formula is C17H29NO2. The van der Waals surface area contributed by atoms with Crippen LogP contribution in [0.4, 0.5) is 0 Å². The first-order valence-corrected chi connectivity index (χ1v) is 8.07. The van der Waals surface area contributed by atoms with Crippen molar-refractivity contribution >= 4 is 12.0 Å².